The molecule has 5 rings (SSSR count). The minimum Gasteiger partial charge on any atom is -0.378 e. The second-order valence-corrected chi connectivity index (χ2v) is 17.0. The van der Waals surface area contributed by atoms with Gasteiger partial charge in [0.05, 0.1) is 56.3 Å². The molecule has 0 atom stereocenters. The molecule has 3 N–H and O–H groups in total. The molecular formula is C46H64N6O11S. The molecular weight excluding hydrogens is 845 g/mol. The number of imide groups is 1. The monoisotopic (exact) mass is 908 g/mol. The number of aryl methyl sites for hydroxylation is 1. The average Bonchev–Trinajstić information content (AvgIpc) is 3.97. The van der Waals surface area contributed by atoms with E-state index >= 15 is 0 Å². The van der Waals surface area contributed by atoms with Crippen molar-refractivity contribution < 1.29 is 52.6 Å². The summed E-state index contributed by atoms with van der Waals surface area (Å²) in [5.74, 6) is -2.07. The number of carbonyl (C=O) groups is 7. The van der Waals surface area contributed by atoms with Gasteiger partial charge in [-0.05, 0) is 87.6 Å². The van der Waals surface area contributed by atoms with E-state index in [1.807, 2.05) is 60.2 Å². The van der Waals surface area contributed by atoms with E-state index in [2.05, 4.69) is 16.0 Å². The fourth-order valence-corrected chi connectivity index (χ4v) is 8.59. The summed E-state index contributed by atoms with van der Waals surface area (Å²) in [7, 11) is 0. The van der Waals surface area contributed by atoms with E-state index in [0.29, 0.717) is 88.9 Å². The number of thiophene rings is 1. The van der Waals surface area contributed by atoms with Crippen LogP contribution in [0.4, 0.5) is 5.69 Å². The first-order valence-corrected chi connectivity index (χ1v) is 23.5. The molecule has 6 amide bonds. The zero-order valence-corrected chi connectivity index (χ0v) is 38.0. The highest BCUT2D eigenvalue weighted by atomic mass is 32.1. The number of fused-ring (bicyclic) bond motifs is 1. The van der Waals surface area contributed by atoms with Gasteiger partial charge in [0.25, 0.3) is 17.7 Å². The Morgan fingerprint density at radius 3 is 2.19 bits per heavy atom. The molecule has 64 heavy (non-hydrogen) atoms. The van der Waals surface area contributed by atoms with Crippen LogP contribution in [0.2, 0.25) is 0 Å². The fourth-order valence-electron chi connectivity index (χ4n) is 7.76. The molecule has 350 valence electrons. The number of nitrogens with zero attached hydrogens (tertiary/aromatic N) is 3. The predicted octanol–water partition coefficient (Wildman–Crippen LogP) is 4.97. The smallest absolute Gasteiger partial charge is 0.335 e. The molecule has 1 aromatic carbocycles. The number of likely N-dealkylation sites (N-methyl/N-ethyl adjacent to an activating group) is 1. The first-order chi connectivity index (χ1) is 31.0. The quantitative estimate of drug-likeness (QED) is 0.0656. The van der Waals surface area contributed by atoms with Crippen LogP contribution in [0.3, 0.4) is 0 Å². The fraction of sp³-hybridized carbons (Fsp3) is 0.587. The molecule has 0 unspecified atom stereocenters. The molecule has 1 saturated carbocycles. The summed E-state index contributed by atoms with van der Waals surface area (Å²) < 4.78 is 19.0. The third-order valence-electron chi connectivity index (χ3n) is 11.3. The van der Waals surface area contributed by atoms with Crippen molar-refractivity contribution in [2.24, 2.45) is 5.92 Å². The van der Waals surface area contributed by atoms with Gasteiger partial charge in [-0.3, -0.25) is 28.8 Å². The maximum absolute atomic E-state index is 13.6. The summed E-state index contributed by atoms with van der Waals surface area (Å²) in [6.45, 7) is 7.25. The molecule has 1 aliphatic carbocycles. The number of hydroxylamine groups is 2. The Labute approximate surface area is 378 Å². The standard InChI is InChI=1S/C46H64N6O11S/c1-3-50(36-11-9-10-33(2)30-36)43(56)32-51-37-20-29-64-39(37)31-38(51)46(59)49-35-15-13-34(14-16-35)45(58)48-21-8-6-4-5-7-12-40(53)47-22-24-61-26-28-62-27-25-60-23-19-44(57)63-52-41(54)17-18-42(52)55/h9-11,20,29-31,34-35H,3-8,12-19,21-28,32H2,1-2H3,(H,47,53)(H,48,58)(H,49,59)/t34-,35-. The van der Waals surface area contributed by atoms with Crippen molar-refractivity contribution >= 4 is 68.7 Å². The average molecular weight is 909 g/mol. The summed E-state index contributed by atoms with van der Waals surface area (Å²) in [5, 5.41) is 11.6. The van der Waals surface area contributed by atoms with E-state index in [0.717, 1.165) is 53.6 Å². The normalized spacial score (nSPS) is 16.2. The van der Waals surface area contributed by atoms with Crippen LogP contribution in [0.1, 0.15) is 106 Å². The van der Waals surface area contributed by atoms with Crippen LogP contribution in [-0.4, -0.2) is 116 Å². The van der Waals surface area contributed by atoms with Gasteiger partial charge in [0.15, 0.2) is 0 Å². The van der Waals surface area contributed by atoms with Crippen molar-refractivity contribution in [3.05, 3.63) is 53.0 Å². The Morgan fingerprint density at radius 1 is 0.781 bits per heavy atom. The Hall–Kier alpha value is -5.17. The maximum atomic E-state index is 13.6. The Kier molecular flexibility index (Phi) is 20.7. The van der Waals surface area contributed by atoms with Crippen LogP contribution in [-0.2, 0) is 54.4 Å². The van der Waals surface area contributed by atoms with Crippen molar-refractivity contribution in [1.82, 2.24) is 25.6 Å². The van der Waals surface area contributed by atoms with E-state index < -0.39 is 17.8 Å². The van der Waals surface area contributed by atoms with Gasteiger partial charge < -0.3 is 44.5 Å². The van der Waals surface area contributed by atoms with Gasteiger partial charge in [0, 0.05) is 56.5 Å². The number of ether oxygens (including phenoxy) is 3. The van der Waals surface area contributed by atoms with Gasteiger partial charge in [-0.25, -0.2) is 4.79 Å². The lowest BCUT2D eigenvalue weighted by atomic mass is 9.85. The Morgan fingerprint density at radius 2 is 1.47 bits per heavy atom. The topological polar surface area (TPSA) is 204 Å². The van der Waals surface area contributed by atoms with Crippen molar-refractivity contribution in [3.8, 4) is 0 Å². The molecule has 3 heterocycles. The second-order valence-electron chi connectivity index (χ2n) is 16.1. The molecule has 2 fully saturated rings. The minimum atomic E-state index is -0.715. The maximum Gasteiger partial charge on any atom is 0.335 e. The van der Waals surface area contributed by atoms with Crippen LogP contribution in [0.15, 0.2) is 41.8 Å². The highest BCUT2D eigenvalue weighted by molar-refractivity contribution is 7.17. The van der Waals surface area contributed by atoms with E-state index in [1.165, 1.54) is 0 Å². The SMILES string of the molecule is CCN(C(=O)Cn1c(C(=O)N[C@H]2CC[C@H](C(=O)NCCCCCCCC(=O)NCCOCCOCCOCCC(=O)ON3C(=O)CCC3=O)CC2)cc2sccc21)c1cccc(C)c1. The van der Waals surface area contributed by atoms with Gasteiger partial charge in [-0.1, -0.05) is 31.4 Å². The summed E-state index contributed by atoms with van der Waals surface area (Å²) >= 11 is 1.54. The highest BCUT2D eigenvalue weighted by Crippen LogP contribution is 2.28. The summed E-state index contributed by atoms with van der Waals surface area (Å²) in [5.41, 5.74) is 3.25. The van der Waals surface area contributed by atoms with Crippen LogP contribution in [0, 0.1) is 12.8 Å². The van der Waals surface area contributed by atoms with Crippen molar-refractivity contribution in [3.63, 3.8) is 0 Å². The van der Waals surface area contributed by atoms with Crippen LogP contribution < -0.4 is 20.9 Å². The van der Waals surface area contributed by atoms with Crippen LogP contribution in [0.25, 0.3) is 10.2 Å². The lowest BCUT2D eigenvalue weighted by molar-refractivity contribution is -0.198. The minimum absolute atomic E-state index is 0.0139. The Bertz CT molecular complexity index is 2010. The third-order valence-corrected chi connectivity index (χ3v) is 12.1. The third kappa shape index (κ3) is 15.8. The highest BCUT2D eigenvalue weighted by Gasteiger charge is 2.33. The summed E-state index contributed by atoms with van der Waals surface area (Å²) in [4.78, 5) is 93.5. The largest absolute Gasteiger partial charge is 0.378 e. The van der Waals surface area contributed by atoms with Gasteiger partial charge in [-0.2, -0.15) is 0 Å². The first-order valence-electron chi connectivity index (χ1n) is 22.6. The number of unbranched alkanes of at least 4 members (excludes halogenated alkanes) is 4. The molecule has 3 aromatic rings. The lowest BCUT2D eigenvalue weighted by Crippen LogP contribution is -2.42. The molecule has 18 heteroatoms. The molecule has 1 aliphatic heterocycles. The van der Waals surface area contributed by atoms with Crippen LogP contribution >= 0.6 is 11.3 Å². The molecule has 0 bridgehead atoms. The number of carbonyl (C=O) groups excluding carboxylic acids is 7. The van der Waals surface area contributed by atoms with Crippen molar-refractivity contribution in [2.75, 3.05) is 64.2 Å². The number of hydrogen-bond acceptors (Lipinski definition) is 12. The van der Waals surface area contributed by atoms with E-state index in [4.69, 9.17) is 19.0 Å². The Balaban J connectivity index is 0.831. The lowest BCUT2D eigenvalue weighted by Gasteiger charge is -2.28. The number of amides is 6. The van der Waals surface area contributed by atoms with Crippen LogP contribution in [0.5, 0.6) is 0 Å². The van der Waals surface area contributed by atoms with Gasteiger partial charge in [0.1, 0.15) is 12.2 Å². The molecule has 2 aliphatic rings. The number of rotatable bonds is 28. The van der Waals surface area contributed by atoms with E-state index in [-0.39, 0.29) is 74.6 Å². The number of hydrogen-bond donors (Lipinski definition) is 3. The van der Waals surface area contributed by atoms with Gasteiger partial charge in [-0.15, -0.1) is 16.4 Å². The second kappa shape index (κ2) is 26.6. The number of anilines is 1. The molecule has 2 aromatic heterocycles. The number of aromatic nitrogens is 1. The van der Waals surface area contributed by atoms with Gasteiger partial charge in [0.2, 0.25) is 17.7 Å². The van der Waals surface area contributed by atoms with E-state index in [1.54, 1.807) is 16.2 Å². The zero-order chi connectivity index (χ0) is 45.7. The van der Waals surface area contributed by atoms with Crippen molar-refractivity contribution in [2.45, 2.75) is 110 Å². The van der Waals surface area contributed by atoms with Crippen molar-refractivity contribution in [1.29, 1.82) is 0 Å². The predicted molar refractivity (Wildman–Crippen MR) is 240 cm³/mol. The summed E-state index contributed by atoms with van der Waals surface area (Å²) in [6, 6.07) is 11.6. The zero-order valence-electron chi connectivity index (χ0n) is 37.2. The molecule has 0 radical (unpaired) electrons. The summed E-state index contributed by atoms with van der Waals surface area (Å²) in [6.07, 6.45) is 7.83. The number of nitrogens with one attached hydrogen (secondary N) is 3. The number of benzene rings is 1. The molecule has 1 saturated heterocycles. The molecule has 17 nitrogen and oxygen atoms in total. The van der Waals surface area contributed by atoms with E-state index in [9.17, 15) is 33.6 Å². The molecule has 0 spiro atoms. The van der Waals surface area contributed by atoms with Gasteiger partial charge >= 0.3 is 5.97 Å². The first kappa shape index (κ1) is 49.8.